The highest BCUT2D eigenvalue weighted by Crippen LogP contribution is 2.29. The van der Waals surface area contributed by atoms with Gasteiger partial charge in [0.15, 0.2) is 0 Å². The molecule has 0 spiro atoms. The van der Waals surface area contributed by atoms with Crippen molar-refractivity contribution in [2.24, 2.45) is 0 Å². The Bertz CT molecular complexity index is 463. The Balaban J connectivity index is 1.72. The fourth-order valence-corrected chi connectivity index (χ4v) is 3.08. The zero-order valence-corrected chi connectivity index (χ0v) is 10.2. The van der Waals surface area contributed by atoms with Crippen LogP contribution in [0.2, 0.25) is 0 Å². The Kier molecular flexibility index (Phi) is 2.91. The van der Waals surface area contributed by atoms with Crippen LogP contribution in [0, 0.1) is 0 Å². The lowest BCUT2D eigenvalue weighted by molar-refractivity contribution is 0.0697. The number of anilines is 1. The van der Waals surface area contributed by atoms with Crippen LogP contribution in [0.4, 0.5) is 5.82 Å². The summed E-state index contributed by atoms with van der Waals surface area (Å²) < 4.78 is 0. The molecule has 2 saturated heterocycles. The molecule has 3 heterocycles. The number of pyridine rings is 1. The number of aromatic nitrogens is 1. The first kappa shape index (κ1) is 11.5. The van der Waals surface area contributed by atoms with Crippen molar-refractivity contribution in [1.82, 2.24) is 9.88 Å². The van der Waals surface area contributed by atoms with E-state index in [0.29, 0.717) is 17.9 Å². The van der Waals surface area contributed by atoms with E-state index >= 15 is 0 Å². The van der Waals surface area contributed by atoms with Crippen molar-refractivity contribution in [1.29, 1.82) is 0 Å². The lowest BCUT2D eigenvalue weighted by Crippen LogP contribution is -2.34. The highest BCUT2D eigenvalue weighted by molar-refractivity contribution is 5.88. The second-order valence-electron chi connectivity index (χ2n) is 5.02. The molecule has 2 unspecified atom stereocenters. The molecule has 5 heteroatoms. The number of hydrogen-bond acceptors (Lipinski definition) is 4. The van der Waals surface area contributed by atoms with Gasteiger partial charge in [-0.3, -0.25) is 4.90 Å². The van der Waals surface area contributed by atoms with Gasteiger partial charge in [0.25, 0.3) is 0 Å². The second kappa shape index (κ2) is 4.57. The molecule has 96 valence electrons. The van der Waals surface area contributed by atoms with Crippen LogP contribution in [0.25, 0.3) is 0 Å². The van der Waals surface area contributed by atoms with Crippen LogP contribution in [0.3, 0.4) is 0 Å². The number of hydrogen-bond donors (Lipinski definition) is 2. The van der Waals surface area contributed by atoms with Crippen LogP contribution in [0.1, 0.15) is 29.6 Å². The summed E-state index contributed by atoms with van der Waals surface area (Å²) in [6.45, 7) is 2.34. The van der Waals surface area contributed by atoms with Gasteiger partial charge in [-0.05, 0) is 37.9 Å². The average Bonchev–Trinajstić information content (AvgIpc) is 2.94. The fraction of sp³-hybridized carbons (Fsp3) is 0.538. The second-order valence-corrected chi connectivity index (χ2v) is 5.02. The fourth-order valence-electron chi connectivity index (χ4n) is 3.08. The lowest BCUT2D eigenvalue weighted by Gasteiger charge is -2.21. The van der Waals surface area contributed by atoms with Gasteiger partial charge in [0, 0.05) is 24.8 Å². The van der Waals surface area contributed by atoms with Gasteiger partial charge in [0.2, 0.25) is 0 Å². The third-order valence-corrected chi connectivity index (χ3v) is 3.95. The third-order valence-electron chi connectivity index (χ3n) is 3.95. The van der Waals surface area contributed by atoms with E-state index in [1.165, 1.54) is 25.5 Å². The predicted molar refractivity (Wildman–Crippen MR) is 67.8 cm³/mol. The summed E-state index contributed by atoms with van der Waals surface area (Å²) in [4.78, 5) is 17.6. The molecule has 0 aromatic carbocycles. The summed E-state index contributed by atoms with van der Waals surface area (Å²) in [5, 5.41) is 12.3. The van der Waals surface area contributed by atoms with Crippen molar-refractivity contribution in [2.75, 3.05) is 18.4 Å². The minimum atomic E-state index is -0.908. The predicted octanol–water partition coefficient (Wildman–Crippen LogP) is 1.43. The molecule has 0 saturated carbocycles. The molecule has 1 aromatic rings. The molecule has 3 rings (SSSR count). The van der Waals surface area contributed by atoms with Gasteiger partial charge in [0.05, 0.1) is 5.56 Å². The van der Waals surface area contributed by atoms with E-state index in [1.54, 1.807) is 12.3 Å². The Morgan fingerprint density at radius 2 is 2.33 bits per heavy atom. The number of carbonyl (C=O) groups is 1. The summed E-state index contributed by atoms with van der Waals surface area (Å²) in [6.07, 6.45) is 5.17. The normalized spacial score (nSPS) is 27.1. The van der Waals surface area contributed by atoms with E-state index in [1.807, 2.05) is 0 Å². The summed E-state index contributed by atoms with van der Waals surface area (Å²) in [6, 6.07) is 4.13. The van der Waals surface area contributed by atoms with Crippen LogP contribution in [-0.2, 0) is 0 Å². The van der Waals surface area contributed by atoms with Crippen LogP contribution < -0.4 is 5.32 Å². The molecule has 2 aliphatic rings. The number of nitrogens with zero attached hydrogens (tertiary/aromatic N) is 2. The van der Waals surface area contributed by atoms with Gasteiger partial charge in [-0.1, -0.05) is 0 Å². The Morgan fingerprint density at radius 3 is 3.17 bits per heavy atom. The standard InChI is InChI=1S/C13H17N3O2/c17-13(18)9-3-5-14-12(8-9)15-10-4-7-16-6-1-2-11(10)16/h3,5,8,10-11H,1-2,4,6-7H2,(H,14,15)(H,17,18). The Hall–Kier alpha value is -1.62. The first-order valence-electron chi connectivity index (χ1n) is 6.44. The Labute approximate surface area is 106 Å². The summed E-state index contributed by atoms with van der Waals surface area (Å²) in [5.41, 5.74) is 0.286. The number of nitrogens with one attached hydrogen (secondary N) is 1. The van der Waals surface area contributed by atoms with Gasteiger partial charge < -0.3 is 10.4 Å². The molecule has 0 amide bonds. The number of carboxylic acid groups (broad SMARTS) is 1. The number of rotatable bonds is 3. The van der Waals surface area contributed by atoms with Crippen LogP contribution >= 0.6 is 0 Å². The largest absolute Gasteiger partial charge is 0.478 e. The first-order valence-corrected chi connectivity index (χ1v) is 6.44. The molecule has 0 aliphatic carbocycles. The van der Waals surface area contributed by atoms with Crippen LogP contribution in [0.5, 0.6) is 0 Å². The minimum Gasteiger partial charge on any atom is -0.478 e. The van der Waals surface area contributed by atoms with Crippen molar-refractivity contribution < 1.29 is 9.90 Å². The lowest BCUT2D eigenvalue weighted by atomic mass is 10.1. The molecular formula is C13H17N3O2. The molecule has 2 fully saturated rings. The molecule has 2 N–H and O–H groups in total. The third kappa shape index (κ3) is 2.06. The topological polar surface area (TPSA) is 65.5 Å². The SMILES string of the molecule is O=C(O)c1ccnc(NC2CCN3CCCC23)c1. The van der Waals surface area contributed by atoms with E-state index in [4.69, 9.17) is 5.11 Å². The average molecular weight is 247 g/mol. The van der Waals surface area contributed by atoms with Gasteiger partial charge in [0.1, 0.15) is 5.82 Å². The van der Waals surface area contributed by atoms with Crippen molar-refractivity contribution in [3.05, 3.63) is 23.9 Å². The van der Waals surface area contributed by atoms with Crippen molar-refractivity contribution in [3.63, 3.8) is 0 Å². The van der Waals surface area contributed by atoms with Crippen molar-refractivity contribution in [2.45, 2.75) is 31.3 Å². The molecule has 2 atom stereocenters. The number of aromatic carboxylic acids is 1. The maximum absolute atomic E-state index is 10.9. The highest BCUT2D eigenvalue weighted by atomic mass is 16.4. The molecule has 0 radical (unpaired) electrons. The van der Waals surface area contributed by atoms with E-state index in [0.717, 1.165) is 13.0 Å². The zero-order valence-electron chi connectivity index (χ0n) is 10.2. The molecule has 2 aliphatic heterocycles. The summed E-state index contributed by atoms with van der Waals surface area (Å²) in [5.74, 6) is -0.233. The summed E-state index contributed by atoms with van der Waals surface area (Å²) >= 11 is 0. The molecule has 0 bridgehead atoms. The zero-order chi connectivity index (χ0) is 12.5. The first-order chi connectivity index (χ1) is 8.74. The van der Waals surface area contributed by atoms with Gasteiger partial charge in [-0.15, -0.1) is 0 Å². The molecular weight excluding hydrogens is 230 g/mol. The maximum atomic E-state index is 10.9. The van der Waals surface area contributed by atoms with Crippen LogP contribution in [0.15, 0.2) is 18.3 Å². The van der Waals surface area contributed by atoms with Gasteiger partial charge in [-0.25, -0.2) is 9.78 Å². The minimum absolute atomic E-state index is 0.286. The van der Waals surface area contributed by atoms with Crippen molar-refractivity contribution >= 4 is 11.8 Å². The molecule has 18 heavy (non-hydrogen) atoms. The van der Waals surface area contributed by atoms with Gasteiger partial charge >= 0.3 is 5.97 Å². The van der Waals surface area contributed by atoms with E-state index in [9.17, 15) is 4.79 Å². The number of carboxylic acids is 1. The number of fused-ring (bicyclic) bond motifs is 1. The monoisotopic (exact) mass is 247 g/mol. The quantitative estimate of drug-likeness (QED) is 0.846. The van der Waals surface area contributed by atoms with Gasteiger partial charge in [-0.2, -0.15) is 0 Å². The van der Waals surface area contributed by atoms with E-state index in [2.05, 4.69) is 15.2 Å². The Morgan fingerprint density at radius 1 is 1.44 bits per heavy atom. The smallest absolute Gasteiger partial charge is 0.335 e. The maximum Gasteiger partial charge on any atom is 0.335 e. The van der Waals surface area contributed by atoms with E-state index in [-0.39, 0.29) is 5.56 Å². The molecule has 5 nitrogen and oxygen atoms in total. The van der Waals surface area contributed by atoms with Crippen LogP contribution in [-0.4, -0.2) is 46.1 Å². The van der Waals surface area contributed by atoms with Crippen molar-refractivity contribution in [3.8, 4) is 0 Å². The summed E-state index contributed by atoms with van der Waals surface area (Å²) in [7, 11) is 0. The highest BCUT2D eigenvalue weighted by Gasteiger charge is 2.37. The van der Waals surface area contributed by atoms with E-state index < -0.39 is 5.97 Å². The molecule has 1 aromatic heterocycles.